The lowest BCUT2D eigenvalue weighted by atomic mass is 10.1. The fourth-order valence-electron chi connectivity index (χ4n) is 1.57. The van der Waals surface area contributed by atoms with Gasteiger partial charge in [0.25, 0.3) is 0 Å². The Morgan fingerprint density at radius 1 is 1.00 bits per heavy atom. The van der Waals surface area contributed by atoms with E-state index in [0.29, 0.717) is 0 Å². The van der Waals surface area contributed by atoms with Crippen LogP contribution >= 0.6 is 11.8 Å². The molecular formula is C15H25NO6S. The number of hydrogen-bond acceptors (Lipinski definition) is 7. The summed E-state index contributed by atoms with van der Waals surface area (Å²) in [5, 5.41) is 1.58. The molecule has 0 saturated carbocycles. The molecular weight excluding hydrogens is 322 g/mol. The Morgan fingerprint density at radius 2 is 1.57 bits per heavy atom. The van der Waals surface area contributed by atoms with Crippen molar-refractivity contribution in [3.8, 4) is 0 Å². The lowest BCUT2D eigenvalue weighted by Gasteiger charge is -2.23. The minimum Gasteiger partial charge on any atom is -0.466 e. The van der Waals surface area contributed by atoms with Gasteiger partial charge in [0, 0.05) is 11.2 Å². The maximum absolute atomic E-state index is 12.0. The van der Waals surface area contributed by atoms with Gasteiger partial charge in [-0.2, -0.15) is 0 Å². The molecule has 2 atom stereocenters. The van der Waals surface area contributed by atoms with Gasteiger partial charge in [-0.3, -0.25) is 14.4 Å². The van der Waals surface area contributed by atoms with E-state index in [9.17, 15) is 19.2 Å². The summed E-state index contributed by atoms with van der Waals surface area (Å²) < 4.78 is 9.64. The van der Waals surface area contributed by atoms with Gasteiger partial charge in [0.1, 0.15) is 12.5 Å². The molecule has 132 valence electrons. The monoisotopic (exact) mass is 347 g/mol. The molecule has 8 heteroatoms. The molecule has 0 aliphatic carbocycles. The van der Waals surface area contributed by atoms with Crippen molar-refractivity contribution in [2.75, 3.05) is 13.2 Å². The van der Waals surface area contributed by atoms with E-state index in [-0.39, 0.29) is 31.5 Å². The van der Waals surface area contributed by atoms with Crippen LogP contribution in [-0.2, 0) is 28.7 Å². The van der Waals surface area contributed by atoms with Gasteiger partial charge < -0.3 is 14.8 Å². The highest BCUT2D eigenvalue weighted by Gasteiger charge is 2.31. The van der Waals surface area contributed by atoms with Crippen LogP contribution in [0.1, 0.15) is 41.0 Å². The Hall–Kier alpha value is -1.57. The van der Waals surface area contributed by atoms with Crippen LogP contribution < -0.4 is 5.32 Å². The third-order valence-electron chi connectivity index (χ3n) is 2.74. The van der Waals surface area contributed by atoms with Gasteiger partial charge in [-0.25, -0.2) is 4.79 Å². The van der Waals surface area contributed by atoms with Crippen molar-refractivity contribution in [1.82, 2.24) is 5.32 Å². The van der Waals surface area contributed by atoms with E-state index < -0.39 is 28.3 Å². The Kier molecular flexibility index (Phi) is 10.3. The highest BCUT2D eigenvalue weighted by Crippen LogP contribution is 2.19. The number of carbonyl (C=O) groups is 4. The topological polar surface area (TPSA) is 98.8 Å². The smallest absolute Gasteiger partial charge is 0.329 e. The molecule has 2 unspecified atom stereocenters. The highest BCUT2D eigenvalue weighted by molar-refractivity contribution is 8.14. The largest absolute Gasteiger partial charge is 0.466 e. The van der Waals surface area contributed by atoms with Crippen molar-refractivity contribution in [1.29, 1.82) is 0 Å². The Bertz CT molecular complexity index is 438. The van der Waals surface area contributed by atoms with E-state index in [1.807, 2.05) is 0 Å². The number of nitrogens with one attached hydrogen (secondary N) is 1. The first kappa shape index (κ1) is 21.4. The molecule has 0 saturated heterocycles. The van der Waals surface area contributed by atoms with Crippen LogP contribution in [0.5, 0.6) is 0 Å². The number of rotatable bonds is 9. The van der Waals surface area contributed by atoms with Gasteiger partial charge >= 0.3 is 11.9 Å². The van der Waals surface area contributed by atoms with Gasteiger partial charge in [0.15, 0.2) is 5.12 Å². The zero-order valence-corrected chi connectivity index (χ0v) is 15.0. The van der Waals surface area contributed by atoms with Gasteiger partial charge in [0.2, 0.25) is 5.91 Å². The summed E-state index contributed by atoms with van der Waals surface area (Å²) in [5.74, 6) is -1.84. The van der Waals surface area contributed by atoms with Crippen LogP contribution in [0, 0.1) is 5.92 Å². The zero-order valence-electron chi connectivity index (χ0n) is 14.2. The van der Waals surface area contributed by atoms with E-state index in [1.54, 1.807) is 34.6 Å². The van der Waals surface area contributed by atoms with Gasteiger partial charge in [0.05, 0.1) is 13.2 Å². The number of carbonyl (C=O) groups excluding carboxylic acids is 4. The molecule has 0 fully saturated rings. The number of esters is 2. The number of thioether (sulfide) groups is 1. The molecule has 0 rings (SSSR count). The van der Waals surface area contributed by atoms with Gasteiger partial charge in [-0.15, -0.1) is 0 Å². The summed E-state index contributed by atoms with van der Waals surface area (Å²) in [6.07, 6.45) is -0.378. The second-order valence-electron chi connectivity index (χ2n) is 5.07. The Balaban J connectivity index is 4.81. The summed E-state index contributed by atoms with van der Waals surface area (Å²) in [4.78, 5) is 47.0. The quantitative estimate of drug-likeness (QED) is 0.495. The zero-order chi connectivity index (χ0) is 18.0. The van der Waals surface area contributed by atoms with Crippen LogP contribution in [-0.4, -0.2) is 47.5 Å². The predicted molar refractivity (Wildman–Crippen MR) is 86.7 cm³/mol. The first-order valence-corrected chi connectivity index (χ1v) is 8.42. The normalized spacial score (nSPS) is 13.1. The minimum atomic E-state index is -0.957. The average Bonchev–Trinajstić information content (AvgIpc) is 2.44. The van der Waals surface area contributed by atoms with Gasteiger partial charge in [-0.05, 0) is 13.8 Å². The lowest BCUT2D eigenvalue weighted by molar-refractivity contribution is -0.147. The first-order chi connectivity index (χ1) is 10.7. The van der Waals surface area contributed by atoms with E-state index in [2.05, 4.69) is 5.32 Å². The molecule has 1 N–H and O–H groups in total. The number of hydrogen-bond donors (Lipinski definition) is 1. The molecule has 0 aliphatic rings. The van der Waals surface area contributed by atoms with Crippen LogP contribution in [0.3, 0.4) is 0 Å². The highest BCUT2D eigenvalue weighted by atomic mass is 32.2. The molecule has 0 aromatic carbocycles. The van der Waals surface area contributed by atoms with Crippen LogP contribution in [0.15, 0.2) is 0 Å². The van der Waals surface area contributed by atoms with Crippen LogP contribution in [0.2, 0.25) is 0 Å². The van der Waals surface area contributed by atoms with E-state index in [1.165, 1.54) is 0 Å². The second-order valence-corrected chi connectivity index (χ2v) is 6.50. The van der Waals surface area contributed by atoms with Crippen LogP contribution in [0.4, 0.5) is 0 Å². The maximum atomic E-state index is 12.0. The van der Waals surface area contributed by atoms with Gasteiger partial charge in [-0.1, -0.05) is 32.5 Å². The molecule has 0 aromatic rings. The summed E-state index contributed by atoms with van der Waals surface area (Å²) >= 11 is 0.814. The summed E-state index contributed by atoms with van der Waals surface area (Å²) in [6, 6.07) is -0.957. The Labute approximate surface area is 140 Å². The van der Waals surface area contributed by atoms with Crippen LogP contribution in [0.25, 0.3) is 0 Å². The van der Waals surface area contributed by atoms with Crippen molar-refractivity contribution in [2.45, 2.75) is 52.3 Å². The molecule has 0 bridgehead atoms. The Morgan fingerprint density at radius 3 is 2.04 bits per heavy atom. The van der Waals surface area contributed by atoms with E-state index in [0.717, 1.165) is 11.8 Å². The van der Waals surface area contributed by atoms with Crippen molar-refractivity contribution < 1.29 is 28.7 Å². The van der Waals surface area contributed by atoms with E-state index >= 15 is 0 Å². The number of ether oxygens (including phenoxy) is 2. The summed E-state index contributed by atoms with van der Waals surface area (Å²) in [5.41, 5.74) is 0. The predicted octanol–water partition coefficient (Wildman–Crippen LogP) is 1.29. The molecule has 7 nitrogen and oxygen atoms in total. The summed E-state index contributed by atoms with van der Waals surface area (Å²) in [7, 11) is 0. The SMILES string of the molecule is CCOC(=O)CC(=O)SC(C)C(NC(=O)C(C)C)C(=O)OCC. The first-order valence-electron chi connectivity index (χ1n) is 7.54. The lowest BCUT2D eigenvalue weighted by Crippen LogP contribution is -2.49. The molecule has 0 spiro atoms. The molecule has 23 heavy (non-hydrogen) atoms. The van der Waals surface area contributed by atoms with Crippen molar-refractivity contribution in [3.63, 3.8) is 0 Å². The molecule has 0 aliphatic heterocycles. The molecule has 0 aromatic heterocycles. The molecule has 0 radical (unpaired) electrons. The maximum Gasteiger partial charge on any atom is 0.329 e. The average molecular weight is 347 g/mol. The fraction of sp³-hybridized carbons (Fsp3) is 0.733. The molecule has 1 amide bonds. The number of amides is 1. The second kappa shape index (κ2) is 11.0. The van der Waals surface area contributed by atoms with E-state index in [4.69, 9.17) is 9.47 Å². The summed E-state index contributed by atoms with van der Waals surface area (Å²) in [6.45, 7) is 8.68. The van der Waals surface area contributed by atoms with Crippen molar-refractivity contribution in [3.05, 3.63) is 0 Å². The van der Waals surface area contributed by atoms with Crippen molar-refractivity contribution in [2.24, 2.45) is 5.92 Å². The third-order valence-corrected chi connectivity index (χ3v) is 3.79. The van der Waals surface area contributed by atoms with Crippen molar-refractivity contribution >= 4 is 34.7 Å². The standard InChI is InChI=1S/C15H25NO6S/c1-6-21-11(17)8-12(18)23-10(5)13(15(20)22-7-2)16-14(19)9(3)4/h9-10,13H,6-8H2,1-5H3,(H,16,19). The third kappa shape index (κ3) is 8.59. The minimum absolute atomic E-state index is 0.168. The fourth-order valence-corrected chi connectivity index (χ4v) is 2.50. The molecule has 0 heterocycles.